The fourth-order valence-electron chi connectivity index (χ4n) is 3.35. The highest BCUT2D eigenvalue weighted by molar-refractivity contribution is 14.1. The van der Waals surface area contributed by atoms with Crippen LogP contribution in [0.2, 0.25) is 12.1 Å². The van der Waals surface area contributed by atoms with Crippen molar-refractivity contribution in [2.75, 3.05) is 0 Å². The van der Waals surface area contributed by atoms with Crippen molar-refractivity contribution in [3.63, 3.8) is 0 Å². The summed E-state index contributed by atoms with van der Waals surface area (Å²) in [7, 11) is -2.04. The van der Waals surface area contributed by atoms with E-state index in [-0.39, 0.29) is 11.5 Å². The number of allylic oxidation sites excluding steroid dienone is 4. The Hall–Kier alpha value is -1.21. The third-order valence-electron chi connectivity index (χ3n) is 4.51. The SMILES string of the molecule is CC[Si]1(CC)C2=C(I)C(=O)C=CC2=Nc2ccc(O)cc21. The number of rotatable bonds is 2. The largest absolute Gasteiger partial charge is 0.508 e. The molecule has 0 fully saturated rings. The number of hydrogen-bond acceptors (Lipinski definition) is 3. The van der Waals surface area contributed by atoms with Gasteiger partial charge in [0.25, 0.3) is 0 Å². The van der Waals surface area contributed by atoms with E-state index in [0.29, 0.717) is 0 Å². The van der Waals surface area contributed by atoms with Crippen LogP contribution in [0.15, 0.2) is 44.1 Å². The molecule has 1 aliphatic heterocycles. The zero-order valence-electron chi connectivity index (χ0n) is 12.0. The summed E-state index contributed by atoms with van der Waals surface area (Å²) < 4.78 is 0.804. The minimum atomic E-state index is -2.04. The number of hydrogen-bond donors (Lipinski definition) is 1. The highest BCUT2D eigenvalue weighted by Crippen LogP contribution is 2.39. The van der Waals surface area contributed by atoms with Gasteiger partial charge in [0.15, 0.2) is 5.78 Å². The lowest BCUT2D eigenvalue weighted by Crippen LogP contribution is -2.54. The molecule has 0 atom stereocenters. The Morgan fingerprint density at radius 3 is 2.62 bits per heavy atom. The fourth-order valence-corrected chi connectivity index (χ4v) is 9.82. The summed E-state index contributed by atoms with van der Waals surface area (Å²) in [5, 5.41) is 12.2. The smallest absolute Gasteiger partial charge is 0.191 e. The molecule has 0 unspecified atom stereocenters. The van der Waals surface area contributed by atoms with Gasteiger partial charge in [-0.05, 0) is 63.3 Å². The molecule has 0 amide bonds. The van der Waals surface area contributed by atoms with Crippen LogP contribution in [0.1, 0.15) is 13.8 Å². The maximum absolute atomic E-state index is 12.1. The summed E-state index contributed by atoms with van der Waals surface area (Å²) in [6.45, 7) is 4.37. The molecule has 5 heteroatoms. The van der Waals surface area contributed by atoms with E-state index in [9.17, 15) is 9.90 Å². The molecule has 3 nitrogen and oxygen atoms in total. The molecule has 1 aromatic carbocycles. The van der Waals surface area contributed by atoms with E-state index in [4.69, 9.17) is 4.99 Å². The molecule has 0 spiro atoms. The number of phenolic OH excluding ortho intramolecular Hbond substituents is 1. The molecular weight excluding hydrogens is 393 g/mol. The molecule has 2 aliphatic rings. The summed E-state index contributed by atoms with van der Waals surface area (Å²) in [5.41, 5.74) is 1.89. The van der Waals surface area contributed by atoms with E-state index >= 15 is 0 Å². The average molecular weight is 409 g/mol. The van der Waals surface area contributed by atoms with Crippen LogP contribution in [0.5, 0.6) is 5.75 Å². The minimum Gasteiger partial charge on any atom is -0.508 e. The first-order valence-corrected chi connectivity index (χ1v) is 10.6. The van der Waals surface area contributed by atoms with Crippen LogP contribution in [0.3, 0.4) is 0 Å². The Morgan fingerprint density at radius 2 is 1.95 bits per heavy atom. The lowest BCUT2D eigenvalue weighted by atomic mass is 10.1. The van der Waals surface area contributed by atoms with Gasteiger partial charge in [0, 0.05) is 0 Å². The second-order valence-corrected chi connectivity index (χ2v) is 11.1. The number of benzene rings is 1. The van der Waals surface area contributed by atoms with Gasteiger partial charge in [-0.3, -0.25) is 4.79 Å². The van der Waals surface area contributed by atoms with Crippen molar-refractivity contribution in [2.24, 2.45) is 4.99 Å². The number of fused-ring (bicyclic) bond motifs is 2. The van der Waals surface area contributed by atoms with Gasteiger partial charge >= 0.3 is 0 Å². The number of ketones is 1. The Balaban J connectivity index is 2.39. The molecule has 3 rings (SSSR count). The highest BCUT2D eigenvalue weighted by atomic mass is 127. The molecule has 1 aliphatic carbocycles. The Labute approximate surface area is 138 Å². The van der Waals surface area contributed by atoms with Crippen LogP contribution >= 0.6 is 22.6 Å². The Morgan fingerprint density at radius 1 is 1.24 bits per heavy atom. The number of aliphatic imine (C=N–C) groups is 1. The summed E-state index contributed by atoms with van der Waals surface area (Å²) in [6, 6.07) is 7.43. The first kappa shape index (κ1) is 14.7. The van der Waals surface area contributed by atoms with Gasteiger partial charge in [-0.1, -0.05) is 25.9 Å². The Kier molecular flexibility index (Phi) is 3.65. The van der Waals surface area contributed by atoms with Crippen molar-refractivity contribution < 1.29 is 9.90 Å². The maximum Gasteiger partial charge on any atom is 0.191 e. The number of carbonyl (C=O) groups is 1. The third kappa shape index (κ3) is 2.05. The summed E-state index contributed by atoms with van der Waals surface area (Å²) in [4.78, 5) is 16.8. The third-order valence-corrected chi connectivity index (χ3v) is 11.4. The first-order chi connectivity index (χ1) is 10.0. The molecule has 0 saturated heterocycles. The van der Waals surface area contributed by atoms with Crippen LogP contribution in [-0.4, -0.2) is 24.7 Å². The topological polar surface area (TPSA) is 49.7 Å². The molecule has 1 aromatic rings. The molecule has 1 N–H and O–H groups in total. The van der Waals surface area contributed by atoms with E-state index in [1.54, 1.807) is 12.1 Å². The normalized spacial score (nSPS) is 19.2. The second kappa shape index (κ2) is 5.21. The van der Waals surface area contributed by atoms with E-state index < -0.39 is 8.07 Å². The van der Waals surface area contributed by atoms with Gasteiger partial charge in [0.05, 0.1) is 15.0 Å². The van der Waals surface area contributed by atoms with Crippen molar-refractivity contribution in [1.82, 2.24) is 0 Å². The molecule has 21 heavy (non-hydrogen) atoms. The van der Waals surface area contributed by atoms with E-state index in [1.807, 2.05) is 18.2 Å². The van der Waals surface area contributed by atoms with Gasteiger partial charge in [0.2, 0.25) is 0 Å². The van der Waals surface area contributed by atoms with E-state index in [2.05, 4.69) is 36.4 Å². The average Bonchev–Trinajstić information content (AvgIpc) is 2.49. The summed E-state index contributed by atoms with van der Waals surface area (Å²) in [5.74, 6) is 0.353. The molecule has 108 valence electrons. The van der Waals surface area contributed by atoms with E-state index in [0.717, 1.165) is 37.5 Å². The van der Waals surface area contributed by atoms with Crippen LogP contribution in [0.25, 0.3) is 0 Å². The van der Waals surface area contributed by atoms with Crippen LogP contribution < -0.4 is 5.19 Å². The van der Waals surface area contributed by atoms with Crippen LogP contribution in [-0.2, 0) is 4.79 Å². The summed E-state index contributed by atoms with van der Waals surface area (Å²) >= 11 is 2.17. The summed E-state index contributed by atoms with van der Waals surface area (Å²) in [6.07, 6.45) is 3.46. The quantitative estimate of drug-likeness (QED) is 0.462. The predicted octanol–water partition coefficient (Wildman–Crippen LogP) is 3.54. The second-order valence-electron chi connectivity index (χ2n) is 5.37. The van der Waals surface area contributed by atoms with Gasteiger partial charge < -0.3 is 5.11 Å². The molecular formula is C16H16INO2Si. The number of halogens is 1. The van der Waals surface area contributed by atoms with E-state index in [1.165, 1.54) is 0 Å². The number of carbonyl (C=O) groups excluding carboxylic acids is 1. The molecule has 0 bridgehead atoms. The molecule has 1 heterocycles. The number of aromatic hydroxyl groups is 1. The predicted molar refractivity (Wildman–Crippen MR) is 96.7 cm³/mol. The van der Waals surface area contributed by atoms with Gasteiger partial charge in [-0.2, -0.15) is 0 Å². The van der Waals surface area contributed by atoms with Crippen molar-refractivity contribution in [1.29, 1.82) is 0 Å². The lowest BCUT2D eigenvalue weighted by Gasteiger charge is -2.38. The molecule has 0 radical (unpaired) electrons. The Bertz CT molecular complexity index is 730. The monoisotopic (exact) mass is 409 g/mol. The number of phenols is 1. The van der Waals surface area contributed by atoms with Crippen LogP contribution in [0.4, 0.5) is 5.69 Å². The van der Waals surface area contributed by atoms with Crippen molar-refractivity contribution in [3.8, 4) is 5.75 Å². The zero-order valence-corrected chi connectivity index (χ0v) is 15.1. The van der Waals surface area contributed by atoms with Crippen molar-refractivity contribution >= 4 is 53.0 Å². The zero-order chi connectivity index (χ0) is 15.2. The fraction of sp³-hybridized carbons (Fsp3) is 0.250. The maximum atomic E-state index is 12.1. The van der Waals surface area contributed by atoms with Gasteiger partial charge in [-0.25, -0.2) is 4.99 Å². The molecule has 0 saturated carbocycles. The molecule has 0 aromatic heterocycles. The number of nitrogens with zero attached hydrogens (tertiary/aromatic N) is 1. The van der Waals surface area contributed by atoms with Crippen molar-refractivity contribution in [3.05, 3.63) is 39.1 Å². The van der Waals surface area contributed by atoms with Crippen molar-refractivity contribution in [2.45, 2.75) is 25.9 Å². The lowest BCUT2D eigenvalue weighted by molar-refractivity contribution is -0.110. The minimum absolute atomic E-state index is 0.0759. The first-order valence-electron chi connectivity index (χ1n) is 7.08. The van der Waals surface area contributed by atoms with Gasteiger partial charge in [-0.15, -0.1) is 0 Å². The van der Waals surface area contributed by atoms with Crippen LogP contribution in [0, 0.1) is 0 Å². The highest BCUT2D eigenvalue weighted by Gasteiger charge is 2.45. The standard InChI is InChI=1S/C16H16INO2Si/c1-3-21(4-2)14-9-10(19)5-6-11(14)18-12-7-8-13(20)15(17)16(12)21/h5-9,19H,3-4H2,1-2H3. The van der Waals surface area contributed by atoms with Gasteiger partial charge in [0.1, 0.15) is 13.8 Å².